The first-order chi connectivity index (χ1) is 5.54. The molecule has 0 aliphatic heterocycles. The molecule has 1 rings (SSSR count). The molecule has 2 atom stereocenters. The Morgan fingerprint density at radius 1 is 1.33 bits per heavy atom. The van der Waals surface area contributed by atoms with Crippen LogP contribution < -0.4 is 0 Å². The van der Waals surface area contributed by atoms with Crippen molar-refractivity contribution in [2.45, 2.75) is 26.7 Å². The average molecular weight is 169 g/mol. The predicted octanol–water partition coefficient (Wildman–Crippen LogP) is 1.76. The highest BCUT2D eigenvalue weighted by atomic mass is 16.2. The van der Waals surface area contributed by atoms with Gasteiger partial charge in [0.1, 0.15) is 0 Å². The number of carbonyl (C=O) groups excluding carboxylic acids is 1. The van der Waals surface area contributed by atoms with E-state index in [0.717, 1.165) is 6.42 Å². The Bertz CT molecular complexity index is 175. The quantitative estimate of drug-likeness (QED) is 0.617. The lowest BCUT2D eigenvalue weighted by molar-refractivity contribution is -0.139. The van der Waals surface area contributed by atoms with Crippen molar-refractivity contribution >= 4 is 5.91 Å². The first-order valence-corrected chi connectivity index (χ1v) is 4.75. The second-order valence-corrected chi connectivity index (χ2v) is 4.32. The molecular formula is C10H19NO. The number of hydrogen-bond acceptors (Lipinski definition) is 1. The van der Waals surface area contributed by atoms with Crippen LogP contribution in [0.1, 0.15) is 26.7 Å². The maximum Gasteiger partial charge on any atom is 0.225 e. The van der Waals surface area contributed by atoms with Crippen LogP contribution in [0.15, 0.2) is 0 Å². The standard InChI is InChI=1S/C10H19NO/c1-7(2)8-5-6-9(8)10(12)11(3)4/h7-9H,5-6H2,1-4H3/t8-,9+/m0/s1. The Hall–Kier alpha value is -0.530. The SMILES string of the molecule is CC(C)[C@@H]1CC[C@H]1C(=O)N(C)C. The van der Waals surface area contributed by atoms with E-state index in [0.29, 0.717) is 23.7 Å². The first kappa shape index (κ1) is 9.56. The second-order valence-electron chi connectivity index (χ2n) is 4.32. The minimum atomic E-state index is 0.319. The van der Waals surface area contributed by atoms with E-state index < -0.39 is 0 Å². The maximum atomic E-state index is 11.6. The highest BCUT2D eigenvalue weighted by molar-refractivity contribution is 5.79. The Kier molecular flexibility index (Phi) is 2.76. The molecule has 1 saturated carbocycles. The number of amides is 1. The largest absolute Gasteiger partial charge is 0.349 e. The molecule has 0 aromatic carbocycles. The van der Waals surface area contributed by atoms with Gasteiger partial charge in [0.15, 0.2) is 0 Å². The third-order valence-electron chi connectivity index (χ3n) is 2.94. The molecule has 0 spiro atoms. The van der Waals surface area contributed by atoms with Crippen LogP contribution in [0.3, 0.4) is 0 Å². The predicted molar refractivity (Wildman–Crippen MR) is 49.7 cm³/mol. The van der Waals surface area contributed by atoms with Gasteiger partial charge < -0.3 is 4.90 Å². The van der Waals surface area contributed by atoms with E-state index >= 15 is 0 Å². The molecule has 1 aliphatic rings. The topological polar surface area (TPSA) is 20.3 Å². The van der Waals surface area contributed by atoms with E-state index in [1.54, 1.807) is 4.90 Å². The number of rotatable bonds is 2. The van der Waals surface area contributed by atoms with Crippen LogP contribution in [0.5, 0.6) is 0 Å². The van der Waals surface area contributed by atoms with Gasteiger partial charge in [0.05, 0.1) is 0 Å². The average Bonchev–Trinajstić information content (AvgIpc) is 1.82. The summed E-state index contributed by atoms with van der Waals surface area (Å²) in [5.41, 5.74) is 0. The zero-order valence-corrected chi connectivity index (χ0v) is 8.50. The zero-order valence-electron chi connectivity index (χ0n) is 8.50. The third kappa shape index (κ3) is 1.62. The van der Waals surface area contributed by atoms with E-state index in [1.807, 2.05) is 14.1 Å². The van der Waals surface area contributed by atoms with Gasteiger partial charge in [-0.1, -0.05) is 13.8 Å². The number of carbonyl (C=O) groups is 1. The fourth-order valence-electron chi connectivity index (χ4n) is 1.96. The molecule has 0 heterocycles. The molecule has 0 unspecified atom stereocenters. The molecule has 2 heteroatoms. The third-order valence-corrected chi connectivity index (χ3v) is 2.94. The number of hydrogen-bond donors (Lipinski definition) is 0. The minimum Gasteiger partial charge on any atom is -0.349 e. The normalized spacial score (nSPS) is 28.4. The van der Waals surface area contributed by atoms with E-state index in [4.69, 9.17) is 0 Å². The molecule has 0 saturated heterocycles. The molecule has 0 aromatic heterocycles. The van der Waals surface area contributed by atoms with Crippen LogP contribution in [0.25, 0.3) is 0 Å². The summed E-state index contributed by atoms with van der Waals surface area (Å²) in [6.45, 7) is 4.42. The van der Waals surface area contributed by atoms with Crippen LogP contribution in [0.2, 0.25) is 0 Å². The van der Waals surface area contributed by atoms with Gasteiger partial charge in [-0.25, -0.2) is 0 Å². The van der Waals surface area contributed by atoms with E-state index in [9.17, 15) is 4.79 Å². The summed E-state index contributed by atoms with van der Waals surface area (Å²) in [4.78, 5) is 13.3. The van der Waals surface area contributed by atoms with Crippen LogP contribution in [-0.4, -0.2) is 24.9 Å². The summed E-state index contributed by atoms with van der Waals surface area (Å²) >= 11 is 0. The molecule has 1 fully saturated rings. The van der Waals surface area contributed by atoms with Gasteiger partial charge in [0.25, 0.3) is 0 Å². The Balaban J connectivity index is 2.49. The molecule has 2 nitrogen and oxygen atoms in total. The highest BCUT2D eigenvalue weighted by Gasteiger charge is 2.38. The lowest BCUT2D eigenvalue weighted by Gasteiger charge is -2.39. The molecule has 0 aromatic rings. The minimum absolute atomic E-state index is 0.319. The summed E-state index contributed by atoms with van der Waals surface area (Å²) in [6.07, 6.45) is 2.34. The molecule has 12 heavy (non-hydrogen) atoms. The smallest absolute Gasteiger partial charge is 0.225 e. The Morgan fingerprint density at radius 2 is 1.92 bits per heavy atom. The molecule has 0 bridgehead atoms. The van der Waals surface area contributed by atoms with Gasteiger partial charge in [-0.15, -0.1) is 0 Å². The second kappa shape index (κ2) is 3.46. The Morgan fingerprint density at radius 3 is 2.17 bits per heavy atom. The molecule has 1 amide bonds. The Labute approximate surface area is 74.9 Å². The lowest BCUT2D eigenvalue weighted by atomic mass is 9.67. The summed E-state index contributed by atoms with van der Waals surface area (Å²) < 4.78 is 0. The molecule has 0 radical (unpaired) electrons. The van der Waals surface area contributed by atoms with Crippen molar-refractivity contribution in [2.24, 2.45) is 17.8 Å². The van der Waals surface area contributed by atoms with Crippen molar-refractivity contribution in [3.8, 4) is 0 Å². The van der Waals surface area contributed by atoms with E-state index in [-0.39, 0.29) is 0 Å². The van der Waals surface area contributed by atoms with Crippen LogP contribution in [0, 0.1) is 17.8 Å². The van der Waals surface area contributed by atoms with Crippen LogP contribution >= 0.6 is 0 Å². The zero-order chi connectivity index (χ0) is 9.30. The van der Waals surface area contributed by atoms with Crippen molar-refractivity contribution in [3.05, 3.63) is 0 Å². The van der Waals surface area contributed by atoms with E-state index in [2.05, 4.69) is 13.8 Å². The first-order valence-electron chi connectivity index (χ1n) is 4.75. The van der Waals surface area contributed by atoms with Gasteiger partial charge in [-0.3, -0.25) is 4.79 Å². The molecular weight excluding hydrogens is 150 g/mol. The van der Waals surface area contributed by atoms with Gasteiger partial charge >= 0.3 is 0 Å². The van der Waals surface area contributed by atoms with Crippen LogP contribution in [0.4, 0.5) is 0 Å². The van der Waals surface area contributed by atoms with Crippen molar-refractivity contribution in [3.63, 3.8) is 0 Å². The van der Waals surface area contributed by atoms with Crippen molar-refractivity contribution in [1.29, 1.82) is 0 Å². The van der Waals surface area contributed by atoms with E-state index in [1.165, 1.54) is 6.42 Å². The van der Waals surface area contributed by atoms with Crippen molar-refractivity contribution < 1.29 is 4.79 Å². The van der Waals surface area contributed by atoms with Gasteiger partial charge in [0.2, 0.25) is 5.91 Å². The van der Waals surface area contributed by atoms with Crippen LogP contribution in [-0.2, 0) is 4.79 Å². The highest BCUT2D eigenvalue weighted by Crippen LogP contribution is 2.40. The van der Waals surface area contributed by atoms with Gasteiger partial charge in [0, 0.05) is 20.0 Å². The molecule has 1 aliphatic carbocycles. The van der Waals surface area contributed by atoms with Gasteiger partial charge in [-0.05, 0) is 24.7 Å². The maximum absolute atomic E-state index is 11.6. The molecule has 0 N–H and O–H groups in total. The lowest BCUT2D eigenvalue weighted by Crippen LogP contribution is -2.42. The molecule has 70 valence electrons. The fourth-order valence-corrected chi connectivity index (χ4v) is 1.96. The summed E-state index contributed by atoms with van der Waals surface area (Å²) in [5, 5.41) is 0. The fraction of sp³-hybridized carbons (Fsp3) is 0.900. The summed E-state index contributed by atoms with van der Waals surface area (Å²) in [7, 11) is 3.69. The summed E-state index contributed by atoms with van der Waals surface area (Å²) in [6, 6.07) is 0. The van der Waals surface area contributed by atoms with Crippen molar-refractivity contribution in [1.82, 2.24) is 4.90 Å². The van der Waals surface area contributed by atoms with Crippen molar-refractivity contribution in [2.75, 3.05) is 14.1 Å². The summed E-state index contributed by atoms with van der Waals surface area (Å²) in [5.74, 6) is 1.94. The number of nitrogens with zero attached hydrogens (tertiary/aromatic N) is 1. The van der Waals surface area contributed by atoms with Gasteiger partial charge in [-0.2, -0.15) is 0 Å². The monoisotopic (exact) mass is 169 g/mol.